The van der Waals surface area contributed by atoms with E-state index in [1.165, 1.54) is 22.3 Å². The Bertz CT molecular complexity index is 936. The third-order valence-corrected chi connectivity index (χ3v) is 4.35. The Labute approximate surface area is 192 Å². The molecule has 0 aromatic heterocycles. The second-order valence-electron chi connectivity index (χ2n) is 6.56. The average Bonchev–Trinajstić information content (AvgIpc) is 2.79. The molecular weight excluding hydrogens is 403 g/mol. The van der Waals surface area contributed by atoms with Gasteiger partial charge >= 0.3 is 7.69 Å². The molecule has 0 unspecified atom stereocenters. The Morgan fingerprint density at radius 1 is 0.613 bits per heavy atom. The lowest BCUT2D eigenvalue weighted by Crippen LogP contribution is -1.98. The van der Waals surface area contributed by atoms with E-state index in [9.17, 15) is 0 Å². The van der Waals surface area contributed by atoms with E-state index in [2.05, 4.69) is 60.1 Å². The van der Waals surface area contributed by atoms with Gasteiger partial charge in [0.15, 0.2) is 0 Å². The quantitative estimate of drug-likeness (QED) is 0.339. The fourth-order valence-electron chi connectivity index (χ4n) is 2.47. The summed E-state index contributed by atoms with van der Waals surface area (Å²) in [5, 5.41) is 8.97. The first-order chi connectivity index (χ1) is 14.6. The number of hydrogen-bond donors (Lipinski definition) is 1. The fourth-order valence-corrected chi connectivity index (χ4v) is 2.60. The molecule has 0 atom stereocenters. The van der Waals surface area contributed by atoms with Crippen LogP contribution in [0.3, 0.4) is 0 Å². The molecule has 0 aliphatic heterocycles. The molecule has 0 saturated carbocycles. The first-order valence-corrected chi connectivity index (χ1v) is 9.98. The summed E-state index contributed by atoms with van der Waals surface area (Å²) in [6.07, 6.45) is 0. The van der Waals surface area contributed by atoms with E-state index in [1.807, 2.05) is 55.5 Å². The van der Waals surface area contributed by atoms with E-state index in [-0.39, 0.29) is 7.43 Å². The zero-order valence-corrected chi connectivity index (χ0v) is 18.0. The molecule has 4 aromatic rings. The minimum atomic E-state index is 0. The summed E-state index contributed by atoms with van der Waals surface area (Å²) in [6.45, 7) is 4.14. The predicted molar refractivity (Wildman–Crippen MR) is 135 cm³/mol. The summed E-state index contributed by atoms with van der Waals surface area (Å²) in [5.74, 6) is 0.639. The van der Waals surface area contributed by atoms with Gasteiger partial charge in [-0.2, -0.15) is 0 Å². The van der Waals surface area contributed by atoms with E-state index >= 15 is 0 Å². The highest BCUT2D eigenvalue weighted by Gasteiger charge is 1.94. The van der Waals surface area contributed by atoms with Gasteiger partial charge in [-0.1, -0.05) is 115 Å². The van der Waals surface area contributed by atoms with Crippen LogP contribution >= 0.6 is 11.6 Å². The molecule has 0 bridgehead atoms. The SMILES string of the molecule is C.Cc1ccc(-c2ccccc2)cc1.Cc1ccc(Cl)cc1.O[B]Oc1ccccc1. The molecule has 0 heterocycles. The minimum Gasteiger partial charge on any atom is -0.537 e. The highest BCUT2D eigenvalue weighted by Crippen LogP contribution is 2.18. The maximum atomic E-state index is 8.17. The lowest BCUT2D eigenvalue weighted by Gasteiger charge is -2.00. The minimum absolute atomic E-state index is 0. The van der Waals surface area contributed by atoms with Gasteiger partial charge < -0.3 is 9.68 Å². The smallest absolute Gasteiger partial charge is 0.537 e. The van der Waals surface area contributed by atoms with Crippen molar-refractivity contribution < 1.29 is 9.68 Å². The highest BCUT2D eigenvalue weighted by molar-refractivity contribution is 6.30. The number of hydrogen-bond acceptors (Lipinski definition) is 2. The van der Waals surface area contributed by atoms with Crippen molar-refractivity contribution in [3.05, 3.63) is 125 Å². The summed E-state index contributed by atoms with van der Waals surface area (Å²) in [6, 6.07) is 35.8. The van der Waals surface area contributed by atoms with Gasteiger partial charge in [-0.15, -0.1) is 0 Å². The molecule has 0 amide bonds. The number of halogens is 1. The average molecular weight is 432 g/mol. The van der Waals surface area contributed by atoms with Gasteiger partial charge in [-0.25, -0.2) is 0 Å². The number of benzene rings is 4. The van der Waals surface area contributed by atoms with E-state index in [1.54, 1.807) is 12.1 Å². The van der Waals surface area contributed by atoms with Gasteiger partial charge in [0.1, 0.15) is 0 Å². The van der Waals surface area contributed by atoms with Crippen LogP contribution in [-0.4, -0.2) is 12.7 Å². The second-order valence-corrected chi connectivity index (χ2v) is 7.00. The van der Waals surface area contributed by atoms with Crippen LogP contribution in [0.25, 0.3) is 11.1 Å². The maximum absolute atomic E-state index is 8.17. The van der Waals surface area contributed by atoms with E-state index < -0.39 is 0 Å². The fraction of sp³-hybridized carbons (Fsp3) is 0.111. The zero-order valence-electron chi connectivity index (χ0n) is 17.2. The summed E-state index contributed by atoms with van der Waals surface area (Å²) in [5.41, 5.74) is 5.11. The monoisotopic (exact) mass is 431 g/mol. The summed E-state index contributed by atoms with van der Waals surface area (Å²) in [7, 11) is 0.662. The van der Waals surface area contributed by atoms with Gasteiger partial charge in [0.2, 0.25) is 0 Å². The van der Waals surface area contributed by atoms with Crippen molar-refractivity contribution in [1.82, 2.24) is 0 Å². The Morgan fingerprint density at radius 3 is 1.48 bits per heavy atom. The Kier molecular flexibility index (Phi) is 12.5. The first kappa shape index (κ1) is 26.0. The first-order valence-electron chi connectivity index (χ1n) is 9.60. The molecule has 31 heavy (non-hydrogen) atoms. The molecule has 0 aliphatic carbocycles. The Morgan fingerprint density at radius 2 is 1.03 bits per heavy atom. The summed E-state index contributed by atoms with van der Waals surface area (Å²) < 4.78 is 4.64. The normalized spacial score (nSPS) is 9.03. The number of rotatable bonds is 3. The largest absolute Gasteiger partial charge is 0.569 e. The number of para-hydroxylation sites is 1. The molecule has 1 radical (unpaired) electrons. The van der Waals surface area contributed by atoms with Crippen molar-refractivity contribution in [2.45, 2.75) is 21.3 Å². The topological polar surface area (TPSA) is 29.5 Å². The van der Waals surface area contributed by atoms with Gasteiger partial charge in [-0.3, -0.25) is 0 Å². The molecule has 0 fully saturated rings. The van der Waals surface area contributed by atoms with Crippen molar-refractivity contribution in [3.8, 4) is 16.9 Å². The van der Waals surface area contributed by atoms with Crippen molar-refractivity contribution in [3.63, 3.8) is 0 Å². The van der Waals surface area contributed by atoms with E-state index in [0.29, 0.717) is 13.4 Å². The van der Waals surface area contributed by atoms with Crippen LogP contribution in [0.2, 0.25) is 5.02 Å². The van der Waals surface area contributed by atoms with Crippen LogP contribution in [0.5, 0.6) is 5.75 Å². The summed E-state index contributed by atoms with van der Waals surface area (Å²) in [4.78, 5) is 0. The maximum Gasteiger partial charge on any atom is 0.569 e. The highest BCUT2D eigenvalue weighted by atomic mass is 35.5. The molecule has 159 valence electrons. The van der Waals surface area contributed by atoms with Crippen molar-refractivity contribution in [1.29, 1.82) is 0 Å². The molecule has 4 heteroatoms. The van der Waals surface area contributed by atoms with E-state index in [4.69, 9.17) is 16.6 Å². The standard InChI is InChI=1S/C13H12.C7H7Cl.C6H6BO2.CH4/c1-11-7-9-13(10-8-11)12-5-3-2-4-6-12;1-6-2-4-7(8)5-3-6;8-7-9-6-4-2-1-3-5-6;/h2-10H,1H3;2-5H,1H3;1-5,8H;1H4. The van der Waals surface area contributed by atoms with Gasteiger partial charge in [-0.05, 0) is 49.2 Å². The molecule has 0 aliphatic rings. The predicted octanol–water partition coefficient (Wildman–Crippen LogP) is 7.54. The molecule has 0 spiro atoms. The third-order valence-electron chi connectivity index (χ3n) is 4.10. The third kappa shape index (κ3) is 10.5. The lowest BCUT2D eigenvalue weighted by atomic mass is 10.0. The van der Waals surface area contributed by atoms with Crippen LogP contribution in [-0.2, 0) is 0 Å². The summed E-state index contributed by atoms with van der Waals surface area (Å²) >= 11 is 5.61. The van der Waals surface area contributed by atoms with E-state index in [0.717, 1.165) is 5.02 Å². The zero-order chi connectivity index (χ0) is 21.6. The van der Waals surface area contributed by atoms with Crippen molar-refractivity contribution >= 4 is 19.3 Å². The van der Waals surface area contributed by atoms with Crippen LogP contribution in [0.1, 0.15) is 18.6 Å². The van der Waals surface area contributed by atoms with Crippen LogP contribution in [0.15, 0.2) is 109 Å². The van der Waals surface area contributed by atoms with Gasteiger partial charge in [0.25, 0.3) is 0 Å². The molecule has 1 N–H and O–H groups in total. The molecule has 4 rings (SSSR count). The van der Waals surface area contributed by atoms with Crippen molar-refractivity contribution in [2.24, 2.45) is 0 Å². The molecular formula is C27H29BClO2. The van der Waals surface area contributed by atoms with Crippen LogP contribution in [0, 0.1) is 13.8 Å². The van der Waals surface area contributed by atoms with Crippen LogP contribution in [0.4, 0.5) is 0 Å². The lowest BCUT2D eigenvalue weighted by molar-refractivity contribution is 0.454. The van der Waals surface area contributed by atoms with Crippen molar-refractivity contribution in [2.75, 3.05) is 0 Å². The molecule has 4 aromatic carbocycles. The Balaban J connectivity index is 0.000000238. The van der Waals surface area contributed by atoms with Gasteiger partial charge in [0.05, 0.1) is 5.75 Å². The molecule has 0 saturated heterocycles. The Hall–Kier alpha value is -3.01. The number of aryl methyl sites for hydroxylation is 2. The van der Waals surface area contributed by atoms with Crippen LogP contribution < -0.4 is 4.65 Å². The second kappa shape index (κ2) is 14.9. The molecule has 2 nitrogen and oxygen atoms in total. The van der Waals surface area contributed by atoms with Gasteiger partial charge in [0, 0.05) is 5.02 Å².